The van der Waals surface area contributed by atoms with E-state index in [9.17, 15) is 10.1 Å². The summed E-state index contributed by atoms with van der Waals surface area (Å²) >= 11 is 0. The molecule has 0 fully saturated rings. The van der Waals surface area contributed by atoms with Crippen molar-refractivity contribution in [2.24, 2.45) is 0 Å². The molecule has 0 radical (unpaired) electrons. The number of hydrogen-bond acceptors (Lipinski definition) is 3. The molecule has 24 heavy (non-hydrogen) atoms. The Kier molecular flexibility index (Phi) is 3.50. The van der Waals surface area contributed by atoms with E-state index in [1.807, 2.05) is 42.5 Å². The van der Waals surface area contributed by atoms with Gasteiger partial charge in [0.05, 0.1) is 6.07 Å². The van der Waals surface area contributed by atoms with Gasteiger partial charge in [-0.1, -0.05) is 42.5 Å². The lowest BCUT2D eigenvalue weighted by molar-refractivity contribution is -0.128. The number of carbonyl (C=O) groups excluding carboxylic acids is 1. The normalized spacial score (nSPS) is 24.2. The Morgan fingerprint density at radius 3 is 2.58 bits per heavy atom. The molecule has 0 saturated heterocycles. The number of amides is 1. The number of benzene rings is 2. The van der Waals surface area contributed by atoms with E-state index in [2.05, 4.69) is 17.5 Å². The van der Waals surface area contributed by atoms with Crippen molar-refractivity contribution < 1.29 is 9.53 Å². The second-order valence-electron chi connectivity index (χ2n) is 6.55. The van der Waals surface area contributed by atoms with Crippen LogP contribution in [0.3, 0.4) is 0 Å². The number of aryl methyl sites for hydroxylation is 1. The first-order chi connectivity index (χ1) is 11.7. The molecule has 0 bridgehead atoms. The molecule has 1 amide bonds. The van der Waals surface area contributed by atoms with Gasteiger partial charge in [-0.05, 0) is 35.6 Å². The van der Waals surface area contributed by atoms with Gasteiger partial charge in [-0.25, -0.2) is 0 Å². The van der Waals surface area contributed by atoms with E-state index in [-0.39, 0.29) is 5.91 Å². The second kappa shape index (κ2) is 5.68. The fraction of sp³-hybridized carbons (Fsp3) is 0.300. The predicted molar refractivity (Wildman–Crippen MR) is 89.5 cm³/mol. The minimum atomic E-state index is -0.844. The molecule has 2 aromatic carbocycles. The lowest BCUT2D eigenvalue weighted by Gasteiger charge is -2.33. The molecule has 1 N–H and O–H groups in total. The molecule has 1 aliphatic carbocycles. The Balaban J connectivity index is 1.50. The summed E-state index contributed by atoms with van der Waals surface area (Å²) in [5, 5.41) is 12.7. The highest BCUT2D eigenvalue weighted by atomic mass is 16.5. The Morgan fingerprint density at radius 2 is 1.83 bits per heavy atom. The van der Waals surface area contributed by atoms with Crippen LogP contribution in [-0.4, -0.2) is 17.6 Å². The minimum Gasteiger partial charge on any atom is -0.480 e. The van der Waals surface area contributed by atoms with Crippen LogP contribution in [0.4, 0.5) is 0 Å². The quantitative estimate of drug-likeness (QED) is 0.925. The second-order valence-corrected chi connectivity index (χ2v) is 6.55. The third-order valence-electron chi connectivity index (χ3n) is 4.95. The van der Waals surface area contributed by atoms with E-state index in [1.54, 1.807) is 0 Å². The van der Waals surface area contributed by atoms with Crippen LogP contribution in [0.1, 0.15) is 23.1 Å². The van der Waals surface area contributed by atoms with Crippen molar-refractivity contribution in [3.8, 4) is 11.8 Å². The molecule has 2 unspecified atom stereocenters. The highest BCUT2D eigenvalue weighted by Gasteiger charge is 2.39. The number of fused-ring (bicyclic) bond motifs is 2. The zero-order valence-electron chi connectivity index (χ0n) is 13.3. The molecule has 0 saturated carbocycles. The largest absolute Gasteiger partial charge is 0.480 e. The minimum absolute atomic E-state index is 0.202. The van der Waals surface area contributed by atoms with Gasteiger partial charge in [0.1, 0.15) is 11.3 Å². The molecule has 2 aromatic rings. The lowest BCUT2D eigenvalue weighted by Crippen LogP contribution is -2.54. The van der Waals surface area contributed by atoms with Gasteiger partial charge < -0.3 is 10.1 Å². The van der Waals surface area contributed by atoms with Gasteiger partial charge in [-0.2, -0.15) is 5.26 Å². The molecule has 0 aromatic heterocycles. The van der Waals surface area contributed by atoms with E-state index in [0.29, 0.717) is 19.3 Å². The van der Waals surface area contributed by atoms with Crippen molar-refractivity contribution >= 4 is 5.91 Å². The topological polar surface area (TPSA) is 62.1 Å². The van der Waals surface area contributed by atoms with Crippen LogP contribution >= 0.6 is 0 Å². The number of nitrogens with one attached hydrogen (secondary N) is 1. The van der Waals surface area contributed by atoms with Crippen LogP contribution < -0.4 is 10.1 Å². The molecule has 4 nitrogen and oxygen atoms in total. The molecule has 0 spiro atoms. The number of hydrogen-bond donors (Lipinski definition) is 1. The number of nitriles is 1. The number of rotatable bonds is 2. The van der Waals surface area contributed by atoms with Crippen LogP contribution in [0.25, 0.3) is 0 Å². The summed E-state index contributed by atoms with van der Waals surface area (Å²) in [5.41, 5.74) is 2.60. The van der Waals surface area contributed by atoms with Gasteiger partial charge in [-0.15, -0.1) is 0 Å². The Labute approximate surface area is 141 Å². The first kappa shape index (κ1) is 14.8. The van der Waals surface area contributed by atoms with Crippen molar-refractivity contribution in [1.82, 2.24) is 5.32 Å². The summed E-state index contributed by atoms with van der Waals surface area (Å²) in [4.78, 5) is 12.7. The summed E-state index contributed by atoms with van der Waals surface area (Å²) < 4.78 is 5.75. The molecular formula is C20H18N2O2. The van der Waals surface area contributed by atoms with Gasteiger partial charge in [0.15, 0.2) is 6.10 Å². The van der Waals surface area contributed by atoms with Crippen molar-refractivity contribution in [2.45, 2.75) is 37.3 Å². The van der Waals surface area contributed by atoms with E-state index in [0.717, 1.165) is 23.3 Å². The highest BCUT2D eigenvalue weighted by Crippen LogP contribution is 2.31. The zero-order chi connectivity index (χ0) is 16.6. The Morgan fingerprint density at radius 1 is 1.12 bits per heavy atom. The summed E-state index contributed by atoms with van der Waals surface area (Å²) in [6, 6.07) is 18.2. The third kappa shape index (κ3) is 2.52. The number of nitrogens with zero attached hydrogens (tertiary/aromatic N) is 1. The summed E-state index contributed by atoms with van der Waals surface area (Å²) in [6.45, 7) is 0. The Hall–Kier alpha value is -2.80. The average molecular weight is 318 g/mol. The highest BCUT2D eigenvalue weighted by molar-refractivity contribution is 5.83. The van der Waals surface area contributed by atoms with E-state index in [4.69, 9.17) is 4.74 Å². The summed E-state index contributed by atoms with van der Waals surface area (Å²) in [7, 11) is 0. The third-order valence-corrected chi connectivity index (χ3v) is 4.95. The zero-order valence-corrected chi connectivity index (χ0v) is 13.3. The predicted octanol–water partition coefficient (Wildman–Crippen LogP) is 2.56. The maximum Gasteiger partial charge on any atom is 0.262 e. The van der Waals surface area contributed by atoms with Crippen molar-refractivity contribution in [3.05, 3.63) is 65.2 Å². The number of ether oxygens (including phenoxy) is 1. The van der Waals surface area contributed by atoms with Crippen molar-refractivity contribution in [2.75, 3.05) is 0 Å². The fourth-order valence-electron chi connectivity index (χ4n) is 3.61. The smallest absolute Gasteiger partial charge is 0.262 e. The summed E-state index contributed by atoms with van der Waals surface area (Å²) in [5.74, 6) is 0.560. The first-order valence-electron chi connectivity index (χ1n) is 8.24. The van der Waals surface area contributed by atoms with E-state index < -0.39 is 11.6 Å². The molecule has 2 atom stereocenters. The number of carbonyl (C=O) groups is 1. The van der Waals surface area contributed by atoms with Crippen LogP contribution in [0.2, 0.25) is 0 Å². The fourth-order valence-corrected chi connectivity index (χ4v) is 3.61. The van der Waals surface area contributed by atoms with Crippen LogP contribution in [-0.2, 0) is 24.1 Å². The Bertz CT molecular complexity index is 815. The molecule has 2 aliphatic rings. The maximum absolute atomic E-state index is 12.7. The number of para-hydroxylation sites is 1. The maximum atomic E-state index is 12.7. The van der Waals surface area contributed by atoms with Gasteiger partial charge in [-0.3, -0.25) is 4.79 Å². The van der Waals surface area contributed by atoms with Gasteiger partial charge >= 0.3 is 0 Å². The molecule has 4 heteroatoms. The van der Waals surface area contributed by atoms with Gasteiger partial charge in [0.2, 0.25) is 0 Å². The lowest BCUT2D eigenvalue weighted by atomic mass is 9.78. The standard InChI is InChI=1S/C20H18N2O2/c21-13-20(10-9-14-5-1-2-7-16(14)12-20)22-19(23)18-11-15-6-3-4-8-17(15)24-18/h1-8,18H,9-12H2,(H,22,23). The van der Waals surface area contributed by atoms with Crippen LogP contribution in [0, 0.1) is 11.3 Å². The van der Waals surface area contributed by atoms with E-state index >= 15 is 0 Å². The van der Waals surface area contributed by atoms with E-state index in [1.165, 1.54) is 5.56 Å². The van der Waals surface area contributed by atoms with Crippen molar-refractivity contribution in [1.29, 1.82) is 5.26 Å². The van der Waals surface area contributed by atoms with Gasteiger partial charge in [0.25, 0.3) is 5.91 Å². The first-order valence-corrected chi connectivity index (χ1v) is 8.24. The SMILES string of the molecule is N#CC1(NC(=O)C2Cc3ccccc3O2)CCc2ccccc2C1. The average Bonchev–Trinajstić information content (AvgIpc) is 3.06. The van der Waals surface area contributed by atoms with Gasteiger partial charge in [0, 0.05) is 12.8 Å². The summed E-state index contributed by atoms with van der Waals surface area (Å²) in [6.07, 6.45) is 1.98. The monoisotopic (exact) mass is 318 g/mol. The van der Waals surface area contributed by atoms with Crippen molar-refractivity contribution in [3.63, 3.8) is 0 Å². The van der Waals surface area contributed by atoms with Crippen LogP contribution in [0.15, 0.2) is 48.5 Å². The van der Waals surface area contributed by atoms with Crippen LogP contribution in [0.5, 0.6) is 5.75 Å². The molecule has 4 rings (SSSR count). The molecule has 1 aliphatic heterocycles. The molecular weight excluding hydrogens is 300 g/mol. The molecule has 1 heterocycles. The molecule has 120 valence electrons.